The van der Waals surface area contributed by atoms with Crippen LogP contribution in [-0.4, -0.2) is 48.0 Å². The maximum Gasteiger partial charge on any atom is 0.262 e. The number of H-pyrrole nitrogens is 1. The molecule has 0 aliphatic heterocycles. The lowest BCUT2D eigenvalue weighted by Gasteiger charge is -2.20. The number of aryl methyl sites for hydroxylation is 2. The number of hydrogen-bond acceptors (Lipinski definition) is 4. The summed E-state index contributed by atoms with van der Waals surface area (Å²) in [6.07, 6.45) is 2.70. The number of nitrogens with zero attached hydrogens (tertiary/aromatic N) is 3. The van der Waals surface area contributed by atoms with Crippen LogP contribution in [0.2, 0.25) is 0 Å². The minimum absolute atomic E-state index is 0. The Morgan fingerprint density at radius 1 is 1.10 bits per heavy atom. The molecule has 30 heavy (non-hydrogen) atoms. The van der Waals surface area contributed by atoms with E-state index in [1.807, 2.05) is 35.4 Å². The fraction of sp³-hybridized carbons (Fsp3) is 0.304. The fourth-order valence-electron chi connectivity index (χ4n) is 3.55. The summed E-state index contributed by atoms with van der Waals surface area (Å²) in [5.41, 5.74) is 5.06. The largest absolute Gasteiger partial charge is 0.360 e. The molecule has 2 aromatic heterocycles. The molecule has 2 heterocycles. The Morgan fingerprint density at radius 2 is 1.87 bits per heavy atom. The predicted octanol–water partition coefficient (Wildman–Crippen LogP) is 5.41. The summed E-state index contributed by atoms with van der Waals surface area (Å²) < 4.78 is 1.12. The molecule has 0 atom stereocenters. The van der Waals surface area contributed by atoms with Gasteiger partial charge in [-0.3, -0.25) is 9.69 Å². The van der Waals surface area contributed by atoms with Gasteiger partial charge in [-0.1, -0.05) is 35.6 Å². The zero-order valence-corrected chi connectivity index (χ0v) is 19.4. The molecule has 1 amide bonds. The van der Waals surface area contributed by atoms with Crippen molar-refractivity contribution in [3.63, 3.8) is 0 Å². The van der Waals surface area contributed by atoms with Crippen LogP contribution >= 0.6 is 23.7 Å². The lowest BCUT2D eigenvalue weighted by atomic mass is 10.1. The highest BCUT2D eigenvalue weighted by Gasteiger charge is 2.24. The highest BCUT2D eigenvalue weighted by Crippen LogP contribution is 2.33. The summed E-state index contributed by atoms with van der Waals surface area (Å²) >= 11 is 1.59. The van der Waals surface area contributed by atoms with Gasteiger partial charge >= 0.3 is 0 Å². The Kier molecular flexibility index (Phi) is 6.81. The lowest BCUT2D eigenvalue weighted by Crippen LogP contribution is -2.33. The molecule has 7 heteroatoms. The molecule has 0 aliphatic carbocycles. The second-order valence-corrected chi connectivity index (χ2v) is 8.72. The van der Waals surface area contributed by atoms with Crippen LogP contribution in [0, 0.1) is 13.8 Å². The molecule has 5 nitrogen and oxygen atoms in total. The average Bonchev–Trinajstić information content (AvgIpc) is 3.32. The standard InChI is InChI=1S/C23H26N4OS.ClH/c1-15-10-11-20-21(16(15)2)25-23(29-20)27(13-7-12-26(3)4)22(28)18-14-24-19-9-6-5-8-17(18)19;/h5-6,8-11,14,24H,7,12-13H2,1-4H3;1H. The van der Waals surface area contributed by atoms with Crippen LogP contribution in [0.5, 0.6) is 0 Å². The number of nitrogens with one attached hydrogen (secondary N) is 1. The van der Waals surface area contributed by atoms with E-state index in [-0.39, 0.29) is 18.3 Å². The average molecular weight is 443 g/mol. The summed E-state index contributed by atoms with van der Waals surface area (Å²) in [5, 5.41) is 1.71. The van der Waals surface area contributed by atoms with E-state index in [0.29, 0.717) is 12.1 Å². The van der Waals surface area contributed by atoms with Gasteiger partial charge in [0.15, 0.2) is 5.13 Å². The number of thiazole rings is 1. The number of anilines is 1. The summed E-state index contributed by atoms with van der Waals surface area (Å²) in [6, 6.07) is 12.1. The molecule has 2 aromatic carbocycles. The molecule has 0 radical (unpaired) electrons. The van der Waals surface area contributed by atoms with Crippen LogP contribution in [0.1, 0.15) is 27.9 Å². The molecule has 0 unspecified atom stereocenters. The maximum atomic E-state index is 13.6. The predicted molar refractivity (Wildman–Crippen MR) is 129 cm³/mol. The zero-order chi connectivity index (χ0) is 20.5. The monoisotopic (exact) mass is 442 g/mol. The molecule has 4 aromatic rings. The Hall–Kier alpha value is -2.41. The number of aromatic nitrogens is 2. The van der Waals surface area contributed by atoms with Crippen molar-refractivity contribution in [1.82, 2.24) is 14.9 Å². The lowest BCUT2D eigenvalue weighted by molar-refractivity contribution is 0.0987. The molecular weight excluding hydrogens is 416 g/mol. The van der Waals surface area contributed by atoms with Crippen LogP contribution in [0.4, 0.5) is 5.13 Å². The van der Waals surface area contributed by atoms with Gasteiger partial charge in [0.1, 0.15) is 0 Å². The van der Waals surface area contributed by atoms with Gasteiger partial charge in [0.05, 0.1) is 15.8 Å². The number of hydrogen-bond donors (Lipinski definition) is 1. The van der Waals surface area contributed by atoms with Crippen LogP contribution in [-0.2, 0) is 0 Å². The van der Waals surface area contributed by atoms with Gasteiger partial charge in [0.2, 0.25) is 0 Å². The van der Waals surface area contributed by atoms with Gasteiger partial charge in [-0.25, -0.2) is 4.98 Å². The van der Waals surface area contributed by atoms with Crippen molar-refractivity contribution in [1.29, 1.82) is 0 Å². The third kappa shape index (κ3) is 4.21. The number of fused-ring (bicyclic) bond motifs is 2. The topological polar surface area (TPSA) is 52.2 Å². The van der Waals surface area contributed by atoms with Gasteiger partial charge < -0.3 is 9.88 Å². The van der Waals surface area contributed by atoms with Crippen molar-refractivity contribution in [2.75, 3.05) is 32.1 Å². The summed E-state index contributed by atoms with van der Waals surface area (Å²) in [7, 11) is 4.10. The zero-order valence-electron chi connectivity index (χ0n) is 17.7. The van der Waals surface area contributed by atoms with Crippen LogP contribution in [0.3, 0.4) is 0 Å². The first-order valence-electron chi connectivity index (χ1n) is 9.85. The number of rotatable bonds is 6. The Bertz CT molecular complexity index is 1180. The van der Waals surface area contributed by atoms with E-state index in [2.05, 4.69) is 50.0 Å². The van der Waals surface area contributed by atoms with Crippen LogP contribution in [0.15, 0.2) is 42.6 Å². The van der Waals surface area contributed by atoms with E-state index in [1.54, 1.807) is 11.3 Å². The number of carbonyl (C=O) groups is 1. The van der Waals surface area contributed by atoms with Crippen LogP contribution in [0.25, 0.3) is 21.1 Å². The summed E-state index contributed by atoms with van der Waals surface area (Å²) in [5.74, 6) is -0.00497. The van der Waals surface area contributed by atoms with E-state index in [4.69, 9.17) is 4.98 Å². The molecule has 158 valence electrons. The summed E-state index contributed by atoms with van der Waals surface area (Å²) in [4.78, 5) is 25.7. The van der Waals surface area contributed by atoms with E-state index >= 15 is 0 Å². The number of halogens is 1. The van der Waals surface area contributed by atoms with Crippen molar-refractivity contribution in [3.8, 4) is 0 Å². The molecule has 4 rings (SSSR count). The highest BCUT2D eigenvalue weighted by atomic mass is 35.5. The van der Waals surface area contributed by atoms with Crippen molar-refractivity contribution in [2.45, 2.75) is 20.3 Å². The van der Waals surface area contributed by atoms with Crippen molar-refractivity contribution in [3.05, 3.63) is 59.3 Å². The molecule has 0 fully saturated rings. The van der Waals surface area contributed by atoms with Gasteiger partial charge in [-0.2, -0.15) is 0 Å². The molecule has 1 N–H and O–H groups in total. The number of benzene rings is 2. The molecule has 0 saturated carbocycles. The van der Waals surface area contributed by atoms with E-state index in [9.17, 15) is 4.79 Å². The van der Waals surface area contributed by atoms with Gasteiger partial charge in [0.25, 0.3) is 5.91 Å². The second kappa shape index (κ2) is 9.16. The Balaban J connectivity index is 0.00000256. The number of aromatic amines is 1. The van der Waals surface area contributed by atoms with E-state index in [1.165, 1.54) is 11.1 Å². The third-order valence-electron chi connectivity index (χ3n) is 5.36. The summed E-state index contributed by atoms with van der Waals surface area (Å²) in [6.45, 7) is 5.74. The first-order chi connectivity index (χ1) is 14.0. The number of carbonyl (C=O) groups excluding carboxylic acids is 1. The minimum atomic E-state index is -0.00497. The molecule has 0 bridgehead atoms. The van der Waals surface area contributed by atoms with E-state index in [0.717, 1.165) is 39.2 Å². The van der Waals surface area contributed by atoms with E-state index < -0.39 is 0 Å². The van der Waals surface area contributed by atoms with Gasteiger partial charge in [-0.15, -0.1) is 12.4 Å². The second-order valence-electron chi connectivity index (χ2n) is 7.71. The first-order valence-corrected chi connectivity index (χ1v) is 10.7. The normalized spacial score (nSPS) is 11.2. The van der Waals surface area contributed by atoms with Gasteiger partial charge in [-0.05, 0) is 64.2 Å². The number of amides is 1. The number of para-hydroxylation sites is 1. The van der Waals surface area contributed by atoms with Crippen molar-refractivity contribution >= 4 is 55.9 Å². The van der Waals surface area contributed by atoms with Crippen molar-refractivity contribution in [2.24, 2.45) is 0 Å². The molecule has 0 aliphatic rings. The molecule has 0 saturated heterocycles. The maximum absolute atomic E-state index is 13.6. The third-order valence-corrected chi connectivity index (χ3v) is 6.40. The SMILES string of the molecule is Cc1ccc2sc(N(CCCN(C)C)C(=O)c3c[nH]c4ccccc34)nc2c1C.Cl. The minimum Gasteiger partial charge on any atom is -0.360 e. The smallest absolute Gasteiger partial charge is 0.262 e. The fourth-order valence-corrected chi connectivity index (χ4v) is 4.60. The molecular formula is C23H27ClN4OS. The Morgan fingerprint density at radius 3 is 2.63 bits per heavy atom. The molecule has 0 spiro atoms. The highest BCUT2D eigenvalue weighted by molar-refractivity contribution is 7.22. The van der Waals surface area contributed by atoms with Crippen LogP contribution < -0.4 is 4.90 Å². The van der Waals surface area contributed by atoms with Gasteiger partial charge in [0, 0.05) is 23.6 Å². The first kappa shape index (κ1) is 22.3. The Labute approximate surface area is 187 Å². The van der Waals surface area contributed by atoms with Crippen molar-refractivity contribution < 1.29 is 4.79 Å². The quantitative estimate of drug-likeness (QED) is 0.434.